The lowest BCUT2D eigenvalue weighted by Crippen LogP contribution is -2.38. The highest BCUT2D eigenvalue weighted by Gasteiger charge is 2.42. The van der Waals surface area contributed by atoms with E-state index in [2.05, 4.69) is 16.3 Å². The second-order valence-corrected chi connectivity index (χ2v) is 8.73. The number of alkyl halides is 6. The molecule has 1 atom stereocenters. The number of nitrogens with zero attached hydrogens (tertiary/aromatic N) is 3. The van der Waals surface area contributed by atoms with Crippen LogP contribution in [0.4, 0.5) is 26.3 Å². The number of benzene rings is 1. The first-order chi connectivity index (χ1) is 16.7. The topological polar surface area (TPSA) is 48.3 Å². The van der Waals surface area contributed by atoms with Crippen molar-refractivity contribution in [1.29, 1.82) is 0 Å². The maximum atomic E-state index is 13.6. The van der Waals surface area contributed by atoms with Gasteiger partial charge < -0.3 is 9.64 Å². The van der Waals surface area contributed by atoms with E-state index >= 15 is 0 Å². The molecule has 0 amide bonds. The van der Waals surface area contributed by atoms with Crippen molar-refractivity contribution in [2.24, 2.45) is 4.99 Å². The number of halogens is 7. The molecule has 1 aromatic carbocycles. The lowest BCUT2D eigenvalue weighted by atomic mass is 10.0. The van der Waals surface area contributed by atoms with Crippen molar-refractivity contribution in [3.8, 4) is 5.75 Å². The molecule has 1 unspecified atom stereocenters. The molecule has 5 nitrogen and oxygen atoms in total. The maximum absolute atomic E-state index is 13.6. The molecule has 192 valence electrons. The van der Waals surface area contributed by atoms with E-state index < -0.39 is 29.8 Å². The predicted molar refractivity (Wildman–Crippen MR) is 121 cm³/mol. The maximum Gasteiger partial charge on any atom is 0.425 e. The Hall–Kier alpha value is -3.18. The van der Waals surface area contributed by atoms with Crippen molar-refractivity contribution in [3.05, 3.63) is 87.7 Å². The molecule has 0 bridgehead atoms. The van der Waals surface area contributed by atoms with E-state index in [0.29, 0.717) is 34.5 Å². The summed E-state index contributed by atoms with van der Waals surface area (Å²) in [5, 5.41) is 11.6. The fraction of sp³-hybridized carbons (Fsp3) is 0.292. The minimum absolute atomic E-state index is 0.0243. The van der Waals surface area contributed by atoms with E-state index in [1.807, 2.05) is 13.0 Å². The van der Waals surface area contributed by atoms with Gasteiger partial charge in [-0.2, -0.15) is 31.4 Å². The van der Waals surface area contributed by atoms with Gasteiger partial charge in [-0.15, -0.1) is 0 Å². The van der Waals surface area contributed by atoms with Crippen molar-refractivity contribution >= 4 is 17.4 Å². The largest absolute Gasteiger partial charge is 0.481 e. The fourth-order valence-corrected chi connectivity index (χ4v) is 4.17. The molecular formula is C24H20ClF6N3O2. The molecule has 1 aromatic rings. The number of hydroxylamine groups is 2. The van der Waals surface area contributed by atoms with Gasteiger partial charge in [0.15, 0.2) is 17.8 Å². The Balaban J connectivity index is 1.71. The predicted octanol–water partition coefficient (Wildman–Crippen LogP) is 7.23. The molecule has 3 aliphatic heterocycles. The standard InChI is InChI=1S/C24H20ClF6N3O2/c1-12-5-4-6-20(25)33-13(2)16(8-9-18(12)33)22-32-21(34(22)35)15-7-10-19(17(11-15)24(29,30)31)36-14(3)23(26,27)28/h6-11,14,35H,2,4-5H2,1,3H3. The van der Waals surface area contributed by atoms with Crippen LogP contribution in [-0.2, 0) is 6.18 Å². The monoisotopic (exact) mass is 531 g/mol. The second-order valence-electron chi connectivity index (χ2n) is 8.34. The zero-order valence-corrected chi connectivity index (χ0v) is 19.8. The average Bonchev–Trinajstić information content (AvgIpc) is 2.92. The normalized spacial score (nSPS) is 21.6. The summed E-state index contributed by atoms with van der Waals surface area (Å²) >= 11 is 6.42. The van der Waals surface area contributed by atoms with Crippen molar-refractivity contribution in [1.82, 2.24) is 9.96 Å². The molecule has 36 heavy (non-hydrogen) atoms. The number of allylic oxidation sites excluding steroid dienone is 4. The van der Waals surface area contributed by atoms with Crippen molar-refractivity contribution in [3.63, 3.8) is 0 Å². The number of ether oxygens (including phenoxy) is 1. The van der Waals surface area contributed by atoms with Crippen LogP contribution in [0.15, 0.2) is 81.5 Å². The third-order valence-electron chi connectivity index (χ3n) is 5.87. The quantitative estimate of drug-likeness (QED) is 0.330. The van der Waals surface area contributed by atoms with Gasteiger partial charge in [0.25, 0.3) is 0 Å². The van der Waals surface area contributed by atoms with Crippen LogP contribution in [0.2, 0.25) is 0 Å². The van der Waals surface area contributed by atoms with Gasteiger partial charge in [-0.3, -0.25) is 5.21 Å². The first-order valence-electron chi connectivity index (χ1n) is 10.7. The summed E-state index contributed by atoms with van der Waals surface area (Å²) in [4.78, 5) is 5.87. The van der Waals surface area contributed by atoms with Crippen LogP contribution in [0.3, 0.4) is 0 Å². The average molecular weight is 532 g/mol. The SMILES string of the molecule is C=C1C(=C2N=C(c3ccc(OC(C)C(F)(F)F)c(C(F)(F)F)c3)N2O)C=CC2=C(C)CCC=C(Cl)N12. The minimum atomic E-state index is -5.01. The molecule has 0 aliphatic carbocycles. The van der Waals surface area contributed by atoms with Crippen molar-refractivity contribution < 1.29 is 36.3 Å². The van der Waals surface area contributed by atoms with E-state index in [4.69, 9.17) is 11.6 Å². The highest BCUT2D eigenvalue weighted by atomic mass is 35.5. The van der Waals surface area contributed by atoms with Gasteiger partial charge in [-0.25, -0.2) is 4.99 Å². The van der Waals surface area contributed by atoms with Gasteiger partial charge in [0, 0.05) is 16.8 Å². The highest BCUT2D eigenvalue weighted by Crippen LogP contribution is 2.42. The van der Waals surface area contributed by atoms with Gasteiger partial charge >= 0.3 is 12.4 Å². The molecule has 0 spiro atoms. The van der Waals surface area contributed by atoms with Crippen LogP contribution in [0.25, 0.3) is 0 Å². The number of amidine groups is 1. The van der Waals surface area contributed by atoms with Gasteiger partial charge in [0.1, 0.15) is 10.9 Å². The lowest BCUT2D eigenvalue weighted by Gasteiger charge is -2.36. The Morgan fingerprint density at radius 2 is 1.86 bits per heavy atom. The molecule has 3 aliphatic rings. The number of aliphatic imine (C=N–C) groups is 1. The van der Waals surface area contributed by atoms with Crippen LogP contribution in [0.5, 0.6) is 5.75 Å². The van der Waals surface area contributed by atoms with Crippen LogP contribution < -0.4 is 4.74 Å². The van der Waals surface area contributed by atoms with E-state index in [-0.39, 0.29) is 17.2 Å². The third kappa shape index (κ3) is 4.64. The Kier molecular flexibility index (Phi) is 6.50. The van der Waals surface area contributed by atoms with Gasteiger partial charge in [-0.1, -0.05) is 18.2 Å². The number of fused-ring (bicyclic) bond motifs is 1. The van der Waals surface area contributed by atoms with Gasteiger partial charge in [-0.05, 0) is 68.7 Å². The van der Waals surface area contributed by atoms with Crippen LogP contribution in [-0.4, -0.2) is 33.3 Å². The zero-order valence-electron chi connectivity index (χ0n) is 19.0. The summed E-state index contributed by atoms with van der Waals surface area (Å²) in [7, 11) is 0. The highest BCUT2D eigenvalue weighted by molar-refractivity contribution is 6.29. The van der Waals surface area contributed by atoms with Crippen molar-refractivity contribution in [2.75, 3.05) is 0 Å². The van der Waals surface area contributed by atoms with E-state index in [1.165, 1.54) is 0 Å². The smallest absolute Gasteiger partial charge is 0.425 e. The Bertz CT molecular complexity index is 1270. The first-order valence-corrected chi connectivity index (χ1v) is 11.1. The molecular weight excluding hydrogens is 512 g/mol. The summed E-state index contributed by atoms with van der Waals surface area (Å²) < 4.78 is 83.8. The molecule has 0 fully saturated rings. The Labute approximate surface area is 207 Å². The van der Waals surface area contributed by atoms with Crippen LogP contribution in [0, 0.1) is 0 Å². The minimum Gasteiger partial charge on any atom is -0.481 e. The fourth-order valence-electron chi connectivity index (χ4n) is 3.87. The zero-order chi connectivity index (χ0) is 26.6. The van der Waals surface area contributed by atoms with Gasteiger partial charge in [0.2, 0.25) is 0 Å². The van der Waals surface area contributed by atoms with Crippen LogP contribution >= 0.6 is 11.6 Å². The first kappa shape index (κ1) is 25.9. The molecule has 0 aromatic heterocycles. The molecule has 0 saturated carbocycles. The summed E-state index contributed by atoms with van der Waals surface area (Å²) in [6, 6.07) is 2.43. The Morgan fingerprint density at radius 3 is 2.47 bits per heavy atom. The Morgan fingerprint density at radius 1 is 1.17 bits per heavy atom. The van der Waals surface area contributed by atoms with Crippen LogP contribution in [0.1, 0.15) is 37.8 Å². The molecule has 3 heterocycles. The molecule has 4 rings (SSSR count). The van der Waals surface area contributed by atoms with E-state index in [1.54, 1.807) is 17.1 Å². The second kappa shape index (κ2) is 9.04. The molecule has 1 N–H and O–H groups in total. The lowest BCUT2D eigenvalue weighted by molar-refractivity contribution is -0.191. The summed E-state index contributed by atoms with van der Waals surface area (Å²) in [6.07, 6.45) is -5.51. The van der Waals surface area contributed by atoms with E-state index in [0.717, 1.165) is 36.2 Å². The number of rotatable bonds is 3. The molecule has 12 heteroatoms. The number of hydrogen-bond donors (Lipinski definition) is 1. The summed E-state index contributed by atoms with van der Waals surface area (Å²) in [5.41, 5.74) is 1.10. The van der Waals surface area contributed by atoms with Gasteiger partial charge in [0.05, 0.1) is 11.3 Å². The summed E-state index contributed by atoms with van der Waals surface area (Å²) in [6.45, 7) is 6.61. The molecule has 0 radical (unpaired) electrons. The van der Waals surface area contributed by atoms with E-state index in [9.17, 15) is 31.5 Å². The summed E-state index contributed by atoms with van der Waals surface area (Å²) in [5.74, 6) is -1.19. The van der Waals surface area contributed by atoms with Crippen molar-refractivity contribution in [2.45, 2.75) is 45.1 Å². The number of hydrogen-bond acceptors (Lipinski definition) is 5. The third-order valence-corrected chi connectivity index (χ3v) is 6.20. The molecule has 0 saturated heterocycles.